The molecule has 0 fully saturated rings. The molecule has 1 aromatic carbocycles. The standard InChI is InChI=1S/C15H19ClN2S/c1-15(2,3)13-9-19-14(18-13)8-12(17)10-4-6-11(16)7-5-10/h4-7,9,12H,8,17H2,1-3H3. The monoisotopic (exact) mass is 294 g/mol. The first-order chi connectivity index (χ1) is 8.86. The van der Waals surface area contributed by atoms with Gasteiger partial charge >= 0.3 is 0 Å². The maximum atomic E-state index is 6.22. The minimum Gasteiger partial charge on any atom is -0.324 e. The molecule has 1 aromatic heterocycles. The quantitative estimate of drug-likeness (QED) is 0.915. The summed E-state index contributed by atoms with van der Waals surface area (Å²) in [4.78, 5) is 4.68. The molecule has 0 bridgehead atoms. The zero-order chi connectivity index (χ0) is 14.0. The summed E-state index contributed by atoms with van der Waals surface area (Å²) in [5.41, 5.74) is 8.54. The first-order valence-corrected chi connectivity index (χ1v) is 7.58. The molecule has 102 valence electrons. The van der Waals surface area contributed by atoms with Crippen molar-refractivity contribution < 1.29 is 0 Å². The largest absolute Gasteiger partial charge is 0.324 e. The Kier molecular flexibility index (Phi) is 4.29. The summed E-state index contributed by atoms with van der Waals surface area (Å²) in [5, 5.41) is 3.96. The van der Waals surface area contributed by atoms with Crippen molar-refractivity contribution in [1.82, 2.24) is 4.98 Å². The Labute approximate surface area is 123 Å². The minimum absolute atomic E-state index is 0.0313. The van der Waals surface area contributed by atoms with Gasteiger partial charge in [0, 0.05) is 28.3 Å². The average molecular weight is 295 g/mol. The van der Waals surface area contributed by atoms with E-state index in [0.717, 1.165) is 27.7 Å². The average Bonchev–Trinajstić information content (AvgIpc) is 2.78. The maximum Gasteiger partial charge on any atom is 0.0947 e. The van der Waals surface area contributed by atoms with E-state index in [1.54, 1.807) is 11.3 Å². The van der Waals surface area contributed by atoms with Crippen LogP contribution >= 0.6 is 22.9 Å². The van der Waals surface area contributed by atoms with Gasteiger partial charge in [-0.2, -0.15) is 0 Å². The van der Waals surface area contributed by atoms with Crippen LogP contribution in [0.15, 0.2) is 29.6 Å². The van der Waals surface area contributed by atoms with Crippen LogP contribution in [0.5, 0.6) is 0 Å². The molecule has 2 N–H and O–H groups in total. The molecule has 4 heteroatoms. The molecule has 0 amide bonds. The fourth-order valence-corrected chi connectivity index (χ4v) is 2.97. The van der Waals surface area contributed by atoms with E-state index in [1.165, 1.54) is 0 Å². The molecular formula is C15H19ClN2S. The van der Waals surface area contributed by atoms with Crippen molar-refractivity contribution in [2.24, 2.45) is 5.73 Å². The second-order valence-electron chi connectivity index (χ2n) is 5.74. The van der Waals surface area contributed by atoms with Gasteiger partial charge in [-0.1, -0.05) is 44.5 Å². The highest BCUT2D eigenvalue weighted by Crippen LogP contribution is 2.26. The molecule has 2 rings (SSSR count). The highest BCUT2D eigenvalue weighted by atomic mass is 35.5. The van der Waals surface area contributed by atoms with Gasteiger partial charge in [0.25, 0.3) is 0 Å². The van der Waals surface area contributed by atoms with E-state index < -0.39 is 0 Å². The van der Waals surface area contributed by atoms with Crippen molar-refractivity contribution in [2.45, 2.75) is 38.6 Å². The van der Waals surface area contributed by atoms with Crippen LogP contribution in [0, 0.1) is 0 Å². The van der Waals surface area contributed by atoms with E-state index >= 15 is 0 Å². The predicted octanol–water partition coefficient (Wildman–Crippen LogP) is 4.34. The van der Waals surface area contributed by atoms with Crippen LogP contribution in [0.3, 0.4) is 0 Å². The highest BCUT2D eigenvalue weighted by molar-refractivity contribution is 7.09. The highest BCUT2D eigenvalue weighted by Gasteiger charge is 2.18. The molecule has 1 unspecified atom stereocenters. The van der Waals surface area contributed by atoms with Gasteiger partial charge in [0.15, 0.2) is 0 Å². The van der Waals surface area contributed by atoms with E-state index in [1.807, 2.05) is 24.3 Å². The number of aromatic nitrogens is 1. The fraction of sp³-hybridized carbons (Fsp3) is 0.400. The molecule has 2 aromatic rings. The Morgan fingerprint density at radius 1 is 1.26 bits per heavy atom. The molecule has 19 heavy (non-hydrogen) atoms. The predicted molar refractivity (Wildman–Crippen MR) is 82.9 cm³/mol. The Hall–Kier alpha value is -0.900. The lowest BCUT2D eigenvalue weighted by atomic mass is 9.93. The van der Waals surface area contributed by atoms with Crippen LogP contribution in [0.25, 0.3) is 0 Å². The third-order valence-electron chi connectivity index (χ3n) is 3.01. The van der Waals surface area contributed by atoms with Crippen LogP contribution < -0.4 is 5.73 Å². The summed E-state index contributed by atoms with van der Waals surface area (Å²) < 4.78 is 0. The minimum atomic E-state index is -0.0313. The Morgan fingerprint density at radius 3 is 2.42 bits per heavy atom. The molecule has 0 saturated heterocycles. The first-order valence-electron chi connectivity index (χ1n) is 6.32. The fourth-order valence-electron chi connectivity index (χ4n) is 1.77. The summed E-state index contributed by atoms with van der Waals surface area (Å²) in [6.07, 6.45) is 0.766. The second kappa shape index (κ2) is 5.61. The van der Waals surface area contributed by atoms with Gasteiger partial charge < -0.3 is 5.73 Å². The zero-order valence-corrected chi connectivity index (χ0v) is 13.1. The molecule has 0 aliphatic rings. The molecule has 1 heterocycles. The molecular weight excluding hydrogens is 276 g/mol. The van der Waals surface area contributed by atoms with Gasteiger partial charge in [0.05, 0.1) is 10.7 Å². The van der Waals surface area contributed by atoms with Gasteiger partial charge in [-0.3, -0.25) is 0 Å². The van der Waals surface area contributed by atoms with Crippen molar-refractivity contribution >= 4 is 22.9 Å². The van der Waals surface area contributed by atoms with Crippen molar-refractivity contribution in [3.8, 4) is 0 Å². The smallest absolute Gasteiger partial charge is 0.0947 e. The van der Waals surface area contributed by atoms with E-state index in [2.05, 4.69) is 31.1 Å². The maximum absolute atomic E-state index is 6.22. The number of hydrogen-bond acceptors (Lipinski definition) is 3. The van der Waals surface area contributed by atoms with Crippen molar-refractivity contribution in [1.29, 1.82) is 0 Å². The van der Waals surface area contributed by atoms with Gasteiger partial charge in [-0.05, 0) is 17.7 Å². The summed E-state index contributed by atoms with van der Waals surface area (Å²) in [6.45, 7) is 6.51. The summed E-state index contributed by atoms with van der Waals surface area (Å²) in [5.74, 6) is 0. The van der Waals surface area contributed by atoms with Crippen LogP contribution in [-0.2, 0) is 11.8 Å². The number of benzene rings is 1. The molecule has 0 aliphatic carbocycles. The first kappa shape index (κ1) is 14.5. The van der Waals surface area contributed by atoms with E-state index in [9.17, 15) is 0 Å². The zero-order valence-electron chi connectivity index (χ0n) is 11.5. The summed E-state index contributed by atoms with van der Waals surface area (Å²) >= 11 is 7.56. The van der Waals surface area contributed by atoms with E-state index in [4.69, 9.17) is 17.3 Å². The third kappa shape index (κ3) is 3.78. The molecule has 0 spiro atoms. The molecule has 1 atom stereocenters. The summed E-state index contributed by atoms with van der Waals surface area (Å²) in [6, 6.07) is 7.67. The van der Waals surface area contributed by atoms with Gasteiger partial charge in [0.2, 0.25) is 0 Å². The number of thiazole rings is 1. The van der Waals surface area contributed by atoms with Crippen LogP contribution in [0.2, 0.25) is 5.02 Å². The Bertz CT molecular complexity index is 540. The second-order valence-corrected chi connectivity index (χ2v) is 7.12. The number of rotatable bonds is 3. The van der Waals surface area contributed by atoms with Crippen molar-refractivity contribution in [3.63, 3.8) is 0 Å². The number of halogens is 1. The Balaban J connectivity index is 2.08. The van der Waals surface area contributed by atoms with Crippen LogP contribution in [-0.4, -0.2) is 4.98 Å². The lowest BCUT2D eigenvalue weighted by molar-refractivity contribution is 0.569. The van der Waals surface area contributed by atoms with Gasteiger partial charge in [0.1, 0.15) is 0 Å². The van der Waals surface area contributed by atoms with Crippen molar-refractivity contribution in [3.05, 3.63) is 50.9 Å². The lowest BCUT2D eigenvalue weighted by Gasteiger charge is -2.14. The third-order valence-corrected chi connectivity index (χ3v) is 4.14. The summed E-state index contributed by atoms with van der Waals surface area (Å²) in [7, 11) is 0. The molecule has 0 saturated carbocycles. The van der Waals surface area contributed by atoms with Crippen LogP contribution in [0.4, 0.5) is 0 Å². The SMILES string of the molecule is CC(C)(C)c1csc(CC(N)c2ccc(Cl)cc2)n1. The van der Waals surface area contributed by atoms with Crippen LogP contribution in [0.1, 0.15) is 43.1 Å². The number of nitrogens with two attached hydrogens (primary N) is 1. The molecule has 0 aliphatic heterocycles. The molecule has 0 radical (unpaired) electrons. The number of hydrogen-bond donors (Lipinski definition) is 1. The van der Waals surface area contributed by atoms with Gasteiger partial charge in [-0.25, -0.2) is 4.98 Å². The van der Waals surface area contributed by atoms with Gasteiger partial charge in [-0.15, -0.1) is 11.3 Å². The van der Waals surface area contributed by atoms with E-state index in [-0.39, 0.29) is 11.5 Å². The number of nitrogens with zero attached hydrogens (tertiary/aromatic N) is 1. The van der Waals surface area contributed by atoms with Crippen molar-refractivity contribution in [2.75, 3.05) is 0 Å². The Morgan fingerprint density at radius 2 is 1.89 bits per heavy atom. The lowest BCUT2D eigenvalue weighted by Crippen LogP contribution is -2.14. The topological polar surface area (TPSA) is 38.9 Å². The van der Waals surface area contributed by atoms with E-state index in [0.29, 0.717) is 0 Å². The normalized spacial score (nSPS) is 13.5. The molecule has 2 nitrogen and oxygen atoms in total.